The highest BCUT2D eigenvalue weighted by Gasteiger charge is 2.29. The van der Waals surface area contributed by atoms with Crippen LogP contribution in [0.4, 0.5) is 0 Å². The van der Waals surface area contributed by atoms with Crippen LogP contribution in [0.15, 0.2) is 42.5 Å². The van der Waals surface area contributed by atoms with Crippen molar-refractivity contribution < 1.29 is 19.1 Å². The molecule has 1 aliphatic rings. The van der Waals surface area contributed by atoms with Gasteiger partial charge in [0.25, 0.3) is 11.8 Å². The molecule has 1 fully saturated rings. The van der Waals surface area contributed by atoms with E-state index in [4.69, 9.17) is 27.9 Å². The summed E-state index contributed by atoms with van der Waals surface area (Å²) >= 11 is 12.3. The van der Waals surface area contributed by atoms with Crippen molar-refractivity contribution in [3.8, 4) is 5.75 Å². The van der Waals surface area contributed by atoms with Crippen LogP contribution in [0, 0.1) is 0 Å². The Morgan fingerprint density at radius 2 is 1.53 bits per heavy atom. The number of halogens is 2. The summed E-state index contributed by atoms with van der Waals surface area (Å²) in [6.45, 7) is 1.28. The number of methoxy groups -OCH3 is 1. The number of hydrogen-bond acceptors (Lipinski definition) is 4. The minimum Gasteiger partial charge on any atom is -0.494 e. The van der Waals surface area contributed by atoms with E-state index in [1.54, 1.807) is 46.2 Å². The van der Waals surface area contributed by atoms with Crippen molar-refractivity contribution in [1.29, 1.82) is 0 Å². The molecule has 3 rings (SSSR count). The standard InChI is InChI=1S/C21H21Cl2N3O4/c1-30-19-16(23)8-7-15(22)18(19)21(29)26-11-9-25(10-12-26)17(27)13-24-20(28)14-5-3-2-4-6-14/h2-8H,9-13H2,1H3,(H,24,28). The normalized spacial score (nSPS) is 13.7. The second kappa shape index (κ2) is 9.82. The van der Waals surface area contributed by atoms with Crippen LogP contribution in [0.1, 0.15) is 20.7 Å². The van der Waals surface area contributed by atoms with E-state index in [1.807, 2.05) is 6.07 Å². The first kappa shape index (κ1) is 21.9. The number of carbonyl (C=O) groups is 3. The molecule has 3 amide bonds. The Morgan fingerprint density at radius 1 is 0.933 bits per heavy atom. The zero-order valence-electron chi connectivity index (χ0n) is 16.4. The average molecular weight is 450 g/mol. The van der Waals surface area contributed by atoms with Crippen molar-refractivity contribution in [2.24, 2.45) is 0 Å². The molecule has 0 bridgehead atoms. The highest BCUT2D eigenvalue weighted by molar-refractivity contribution is 6.37. The highest BCUT2D eigenvalue weighted by atomic mass is 35.5. The van der Waals surface area contributed by atoms with Crippen LogP contribution in [0.5, 0.6) is 5.75 Å². The molecular weight excluding hydrogens is 429 g/mol. The van der Waals surface area contributed by atoms with Gasteiger partial charge in [-0.05, 0) is 24.3 Å². The Kier molecular flexibility index (Phi) is 7.18. The fourth-order valence-corrected chi connectivity index (χ4v) is 3.67. The first-order valence-electron chi connectivity index (χ1n) is 9.34. The number of ether oxygens (including phenoxy) is 1. The van der Waals surface area contributed by atoms with Crippen LogP contribution in [0.2, 0.25) is 10.0 Å². The summed E-state index contributed by atoms with van der Waals surface area (Å²) in [6.07, 6.45) is 0. The van der Waals surface area contributed by atoms with Gasteiger partial charge in [-0.3, -0.25) is 14.4 Å². The van der Waals surface area contributed by atoms with Crippen LogP contribution >= 0.6 is 23.2 Å². The summed E-state index contributed by atoms with van der Waals surface area (Å²) in [4.78, 5) is 40.7. The summed E-state index contributed by atoms with van der Waals surface area (Å²) < 4.78 is 5.25. The van der Waals surface area contributed by atoms with Crippen molar-refractivity contribution in [3.63, 3.8) is 0 Å². The van der Waals surface area contributed by atoms with Gasteiger partial charge >= 0.3 is 0 Å². The van der Waals surface area contributed by atoms with Crippen LogP contribution in [0.25, 0.3) is 0 Å². The van der Waals surface area contributed by atoms with Gasteiger partial charge in [0.1, 0.15) is 5.56 Å². The maximum atomic E-state index is 12.9. The highest BCUT2D eigenvalue weighted by Crippen LogP contribution is 2.34. The van der Waals surface area contributed by atoms with E-state index in [-0.39, 0.29) is 40.6 Å². The third-order valence-corrected chi connectivity index (χ3v) is 5.45. The van der Waals surface area contributed by atoms with Crippen LogP contribution in [-0.4, -0.2) is 67.4 Å². The molecule has 2 aromatic rings. The molecule has 0 radical (unpaired) electrons. The second-order valence-electron chi connectivity index (χ2n) is 6.66. The molecule has 0 saturated carbocycles. The van der Waals surface area contributed by atoms with Gasteiger partial charge < -0.3 is 19.9 Å². The van der Waals surface area contributed by atoms with Gasteiger partial charge in [0.2, 0.25) is 5.91 Å². The maximum Gasteiger partial charge on any atom is 0.259 e. The average Bonchev–Trinajstić information content (AvgIpc) is 2.78. The molecule has 0 aliphatic carbocycles. The van der Waals surface area contributed by atoms with E-state index in [1.165, 1.54) is 7.11 Å². The Morgan fingerprint density at radius 3 is 2.17 bits per heavy atom. The van der Waals surface area contributed by atoms with Crippen molar-refractivity contribution >= 4 is 40.9 Å². The molecule has 1 heterocycles. The first-order chi connectivity index (χ1) is 14.4. The van der Waals surface area contributed by atoms with Crippen LogP contribution in [-0.2, 0) is 4.79 Å². The minimum absolute atomic E-state index is 0.102. The Labute approximate surface area is 184 Å². The fraction of sp³-hybridized carbons (Fsp3) is 0.286. The number of carbonyl (C=O) groups excluding carboxylic acids is 3. The number of benzene rings is 2. The van der Waals surface area contributed by atoms with Gasteiger partial charge in [-0.15, -0.1) is 0 Å². The van der Waals surface area contributed by atoms with Gasteiger partial charge in [0.15, 0.2) is 5.75 Å². The van der Waals surface area contributed by atoms with E-state index < -0.39 is 0 Å². The van der Waals surface area contributed by atoms with Crippen LogP contribution < -0.4 is 10.1 Å². The third kappa shape index (κ3) is 4.86. The molecule has 0 aromatic heterocycles. The van der Waals surface area contributed by atoms with Gasteiger partial charge in [0.05, 0.1) is 23.7 Å². The first-order valence-corrected chi connectivity index (χ1v) is 10.1. The molecule has 30 heavy (non-hydrogen) atoms. The lowest BCUT2D eigenvalue weighted by Gasteiger charge is -2.35. The number of nitrogens with zero attached hydrogens (tertiary/aromatic N) is 2. The molecule has 158 valence electrons. The van der Waals surface area contributed by atoms with Crippen molar-refractivity contribution in [3.05, 3.63) is 63.6 Å². The van der Waals surface area contributed by atoms with Crippen molar-refractivity contribution in [2.75, 3.05) is 39.8 Å². The van der Waals surface area contributed by atoms with Gasteiger partial charge in [-0.25, -0.2) is 0 Å². The van der Waals surface area contributed by atoms with Gasteiger partial charge in [-0.2, -0.15) is 0 Å². The lowest BCUT2D eigenvalue weighted by molar-refractivity contribution is -0.131. The van der Waals surface area contributed by atoms with Crippen molar-refractivity contribution in [2.45, 2.75) is 0 Å². The Bertz CT molecular complexity index is 945. The lowest BCUT2D eigenvalue weighted by atomic mass is 10.1. The SMILES string of the molecule is COc1c(Cl)ccc(Cl)c1C(=O)N1CCN(C(=O)CNC(=O)c2ccccc2)CC1. The number of amides is 3. The van der Waals surface area contributed by atoms with Crippen LogP contribution in [0.3, 0.4) is 0 Å². The monoisotopic (exact) mass is 449 g/mol. The predicted molar refractivity (Wildman–Crippen MR) is 114 cm³/mol. The van der Waals surface area contributed by atoms with E-state index in [2.05, 4.69) is 5.32 Å². The van der Waals surface area contributed by atoms with Gasteiger partial charge in [0, 0.05) is 31.7 Å². The number of piperazine rings is 1. The second-order valence-corrected chi connectivity index (χ2v) is 7.47. The summed E-state index contributed by atoms with van der Waals surface area (Å²) in [5, 5.41) is 3.18. The molecule has 0 spiro atoms. The summed E-state index contributed by atoms with van der Waals surface area (Å²) in [5.74, 6) is -0.578. The van der Waals surface area contributed by atoms with E-state index in [9.17, 15) is 14.4 Å². The third-order valence-electron chi connectivity index (χ3n) is 4.83. The number of hydrogen-bond donors (Lipinski definition) is 1. The molecular formula is C21H21Cl2N3O4. The molecule has 1 saturated heterocycles. The quantitative estimate of drug-likeness (QED) is 0.760. The smallest absolute Gasteiger partial charge is 0.259 e. The molecule has 0 atom stereocenters. The minimum atomic E-state index is -0.305. The zero-order chi connectivity index (χ0) is 21.7. The topological polar surface area (TPSA) is 79.0 Å². The summed E-state index contributed by atoms with van der Waals surface area (Å²) in [7, 11) is 1.43. The molecule has 9 heteroatoms. The number of rotatable bonds is 5. The maximum absolute atomic E-state index is 12.9. The Hall–Kier alpha value is -2.77. The van der Waals surface area contributed by atoms with E-state index in [0.29, 0.717) is 36.8 Å². The zero-order valence-corrected chi connectivity index (χ0v) is 17.9. The molecule has 7 nitrogen and oxygen atoms in total. The molecule has 1 N–H and O–H groups in total. The predicted octanol–water partition coefficient (Wildman–Crippen LogP) is 2.72. The molecule has 2 aromatic carbocycles. The Balaban J connectivity index is 1.56. The van der Waals surface area contributed by atoms with Gasteiger partial charge in [-0.1, -0.05) is 41.4 Å². The lowest BCUT2D eigenvalue weighted by Crippen LogP contribution is -2.52. The number of nitrogens with one attached hydrogen (secondary N) is 1. The van der Waals surface area contributed by atoms with E-state index in [0.717, 1.165) is 0 Å². The molecule has 1 aliphatic heterocycles. The largest absolute Gasteiger partial charge is 0.494 e. The fourth-order valence-electron chi connectivity index (χ4n) is 3.21. The molecule has 0 unspecified atom stereocenters. The summed E-state index contributed by atoms with van der Waals surface area (Å²) in [5.41, 5.74) is 0.703. The van der Waals surface area contributed by atoms with Crippen molar-refractivity contribution in [1.82, 2.24) is 15.1 Å². The van der Waals surface area contributed by atoms with E-state index >= 15 is 0 Å². The summed E-state index contributed by atoms with van der Waals surface area (Å²) in [6, 6.07) is 11.8.